The van der Waals surface area contributed by atoms with Gasteiger partial charge in [-0.15, -0.1) is 0 Å². The molecular weight excluding hydrogens is 424 g/mol. The van der Waals surface area contributed by atoms with Gasteiger partial charge in [0, 0.05) is 37.6 Å². The zero-order valence-corrected chi connectivity index (χ0v) is 19.7. The fourth-order valence-electron chi connectivity index (χ4n) is 4.11. The maximum absolute atomic E-state index is 12.7. The summed E-state index contributed by atoms with van der Waals surface area (Å²) in [6.07, 6.45) is 1.18. The molecule has 1 fully saturated rings. The molecule has 1 aliphatic heterocycles. The van der Waals surface area contributed by atoms with Crippen molar-refractivity contribution >= 4 is 34.4 Å². The molecule has 0 unspecified atom stereocenters. The number of amides is 1. The zero-order chi connectivity index (χ0) is 22.7. The molecule has 7 heteroatoms. The first-order valence-corrected chi connectivity index (χ1v) is 11.5. The molecule has 2 aromatic carbocycles. The van der Waals surface area contributed by atoms with E-state index in [0.29, 0.717) is 32.5 Å². The average Bonchev–Trinajstić information content (AvgIpc) is 2.79. The number of para-hydroxylation sites is 2. The van der Waals surface area contributed by atoms with E-state index in [4.69, 9.17) is 21.3 Å². The Morgan fingerprint density at radius 3 is 2.28 bits per heavy atom. The van der Waals surface area contributed by atoms with Gasteiger partial charge in [-0.25, -0.2) is 9.97 Å². The van der Waals surface area contributed by atoms with Crippen LogP contribution in [0.15, 0.2) is 36.4 Å². The molecule has 0 saturated carbocycles. The molecule has 1 amide bonds. The van der Waals surface area contributed by atoms with E-state index in [1.54, 1.807) is 0 Å². The summed E-state index contributed by atoms with van der Waals surface area (Å²) in [5.74, 6) is 1.90. The molecule has 0 bridgehead atoms. The predicted octanol–water partition coefficient (Wildman–Crippen LogP) is 4.72. The third-order valence-corrected chi connectivity index (χ3v) is 6.46. The van der Waals surface area contributed by atoms with Gasteiger partial charge in [0.15, 0.2) is 5.82 Å². The van der Waals surface area contributed by atoms with E-state index in [1.165, 1.54) is 0 Å². The summed E-state index contributed by atoms with van der Waals surface area (Å²) in [7, 11) is 0. The van der Waals surface area contributed by atoms with Gasteiger partial charge < -0.3 is 14.5 Å². The molecule has 1 aromatic heterocycles. The van der Waals surface area contributed by atoms with Gasteiger partial charge in [-0.1, -0.05) is 23.7 Å². The van der Waals surface area contributed by atoms with Crippen LogP contribution in [0.25, 0.3) is 11.0 Å². The number of hydrogen-bond acceptors (Lipinski definition) is 5. The minimum Gasteiger partial charge on any atom is -0.494 e. The lowest BCUT2D eigenvalue weighted by molar-refractivity contribution is -0.131. The molecule has 32 heavy (non-hydrogen) atoms. The average molecular weight is 453 g/mol. The van der Waals surface area contributed by atoms with Crippen LogP contribution in [0.2, 0.25) is 5.02 Å². The van der Waals surface area contributed by atoms with Crippen LogP contribution in [0, 0.1) is 20.8 Å². The van der Waals surface area contributed by atoms with Gasteiger partial charge in [-0.05, 0) is 62.6 Å². The van der Waals surface area contributed by atoms with E-state index in [-0.39, 0.29) is 5.91 Å². The van der Waals surface area contributed by atoms with Crippen molar-refractivity contribution in [2.45, 2.75) is 33.6 Å². The number of fused-ring (bicyclic) bond motifs is 1. The first-order valence-electron chi connectivity index (χ1n) is 11.1. The fraction of sp³-hybridized carbons (Fsp3) is 0.400. The molecule has 0 atom stereocenters. The van der Waals surface area contributed by atoms with Crippen LogP contribution in [-0.2, 0) is 4.79 Å². The van der Waals surface area contributed by atoms with Crippen LogP contribution in [0.3, 0.4) is 0 Å². The highest BCUT2D eigenvalue weighted by molar-refractivity contribution is 6.32. The molecule has 0 spiro atoms. The second-order valence-corrected chi connectivity index (χ2v) is 8.69. The van der Waals surface area contributed by atoms with Crippen molar-refractivity contribution in [3.8, 4) is 5.75 Å². The summed E-state index contributed by atoms with van der Waals surface area (Å²) >= 11 is 6.21. The van der Waals surface area contributed by atoms with Gasteiger partial charge in [0.1, 0.15) is 5.75 Å². The van der Waals surface area contributed by atoms with E-state index in [2.05, 4.69) is 9.88 Å². The van der Waals surface area contributed by atoms with Gasteiger partial charge in [0.05, 0.1) is 23.3 Å². The molecule has 0 aliphatic carbocycles. The van der Waals surface area contributed by atoms with Crippen molar-refractivity contribution in [1.82, 2.24) is 14.9 Å². The highest BCUT2D eigenvalue weighted by Gasteiger charge is 2.23. The van der Waals surface area contributed by atoms with Crippen molar-refractivity contribution in [1.29, 1.82) is 0 Å². The Balaban J connectivity index is 1.25. The predicted molar refractivity (Wildman–Crippen MR) is 129 cm³/mol. The second-order valence-electron chi connectivity index (χ2n) is 8.31. The SMILES string of the molecule is Cc1cc(OCCCC(=O)N2CCN(c3nc4ccccc4nc3C)CC2)cc(C)c1Cl. The Labute approximate surface area is 194 Å². The number of carbonyl (C=O) groups is 1. The quantitative estimate of drug-likeness (QED) is 0.506. The molecular formula is C25H29ClN4O2. The number of piperazine rings is 1. The summed E-state index contributed by atoms with van der Waals surface area (Å²) in [5, 5.41) is 0.775. The van der Waals surface area contributed by atoms with Gasteiger partial charge in [0.2, 0.25) is 5.91 Å². The van der Waals surface area contributed by atoms with Crippen LogP contribution in [0.4, 0.5) is 5.82 Å². The number of carbonyl (C=O) groups excluding carboxylic acids is 1. The maximum Gasteiger partial charge on any atom is 0.222 e. The molecule has 168 valence electrons. The number of aryl methyl sites for hydroxylation is 3. The van der Waals surface area contributed by atoms with Crippen LogP contribution in [0.1, 0.15) is 29.7 Å². The fourth-order valence-corrected chi connectivity index (χ4v) is 4.22. The minimum absolute atomic E-state index is 0.179. The van der Waals surface area contributed by atoms with Crippen molar-refractivity contribution in [2.24, 2.45) is 0 Å². The van der Waals surface area contributed by atoms with Gasteiger partial charge in [0.25, 0.3) is 0 Å². The molecule has 3 aromatic rings. The third kappa shape index (κ3) is 4.96. The summed E-state index contributed by atoms with van der Waals surface area (Å²) in [6, 6.07) is 11.8. The third-order valence-electron chi connectivity index (χ3n) is 5.87. The first kappa shape index (κ1) is 22.3. The van der Waals surface area contributed by atoms with Gasteiger partial charge >= 0.3 is 0 Å². The Morgan fingerprint density at radius 2 is 1.62 bits per heavy atom. The number of anilines is 1. The number of benzene rings is 2. The normalized spacial score (nSPS) is 14.1. The van der Waals surface area contributed by atoms with Crippen molar-refractivity contribution in [3.05, 3.63) is 58.2 Å². The van der Waals surface area contributed by atoms with Gasteiger partial charge in [-0.3, -0.25) is 4.79 Å². The van der Waals surface area contributed by atoms with E-state index in [9.17, 15) is 4.79 Å². The zero-order valence-electron chi connectivity index (χ0n) is 18.9. The topological polar surface area (TPSA) is 58.6 Å². The van der Waals surface area contributed by atoms with E-state index < -0.39 is 0 Å². The lowest BCUT2D eigenvalue weighted by atomic mass is 10.1. The number of hydrogen-bond donors (Lipinski definition) is 0. The van der Waals surface area contributed by atoms with E-state index >= 15 is 0 Å². The van der Waals surface area contributed by atoms with E-state index in [1.807, 2.05) is 62.1 Å². The van der Waals surface area contributed by atoms with Crippen LogP contribution in [0.5, 0.6) is 5.75 Å². The summed E-state index contributed by atoms with van der Waals surface area (Å²) in [5.41, 5.74) is 4.74. The largest absolute Gasteiger partial charge is 0.494 e. The highest BCUT2D eigenvalue weighted by Crippen LogP contribution is 2.26. The Morgan fingerprint density at radius 1 is 1.00 bits per heavy atom. The molecule has 0 radical (unpaired) electrons. The van der Waals surface area contributed by atoms with Crippen molar-refractivity contribution in [2.75, 3.05) is 37.7 Å². The standard InChI is InChI=1S/C25H29ClN4O2/c1-17-15-20(16-18(2)24(17)26)32-14-6-9-23(31)29-10-12-30(13-11-29)25-19(3)27-21-7-4-5-8-22(21)28-25/h4-5,7-8,15-16H,6,9-14H2,1-3H3. The lowest BCUT2D eigenvalue weighted by Gasteiger charge is -2.36. The van der Waals surface area contributed by atoms with Crippen molar-refractivity contribution < 1.29 is 9.53 Å². The maximum atomic E-state index is 12.7. The summed E-state index contributed by atoms with van der Waals surface area (Å²) < 4.78 is 5.83. The monoisotopic (exact) mass is 452 g/mol. The molecule has 6 nitrogen and oxygen atoms in total. The number of halogens is 1. The molecule has 1 saturated heterocycles. The van der Waals surface area contributed by atoms with Crippen LogP contribution in [-0.4, -0.2) is 53.6 Å². The minimum atomic E-state index is 0.179. The number of aromatic nitrogens is 2. The summed E-state index contributed by atoms with van der Waals surface area (Å²) in [4.78, 5) is 26.3. The number of ether oxygens (including phenoxy) is 1. The molecule has 4 rings (SSSR count). The number of rotatable bonds is 6. The second kappa shape index (κ2) is 9.74. The number of nitrogens with zero attached hydrogens (tertiary/aromatic N) is 4. The molecule has 2 heterocycles. The van der Waals surface area contributed by atoms with Crippen LogP contribution >= 0.6 is 11.6 Å². The lowest BCUT2D eigenvalue weighted by Crippen LogP contribution is -2.49. The molecule has 1 aliphatic rings. The summed E-state index contributed by atoms with van der Waals surface area (Å²) in [6.45, 7) is 9.37. The first-order chi connectivity index (χ1) is 15.4. The Bertz CT molecular complexity index is 1100. The van der Waals surface area contributed by atoms with Crippen molar-refractivity contribution in [3.63, 3.8) is 0 Å². The smallest absolute Gasteiger partial charge is 0.222 e. The highest BCUT2D eigenvalue weighted by atomic mass is 35.5. The van der Waals surface area contributed by atoms with Gasteiger partial charge in [-0.2, -0.15) is 0 Å². The molecule has 0 N–H and O–H groups in total. The Hall–Kier alpha value is -2.86. The van der Waals surface area contributed by atoms with Crippen LogP contribution < -0.4 is 9.64 Å². The van der Waals surface area contributed by atoms with E-state index in [0.717, 1.165) is 57.5 Å². The Kier molecular flexibility index (Phi) is 6.80.